The molecule has 6 nitrogen and oxygen atoms in total. The molecule has 0 aliphatic rings. The molecule has 0 atom stereocenters. The predicted octanol–water partition coefficient (Wildman–Crippen LogP) is 2.36. The molecule has 2 aromatic rings. The number of ether oxygens (including phenoxy) is 1. The minimum atomic E-state index is -3.87. The van der Waals surface area contributed by atoms with Crippen LogP contribution in [0.3, 0.4) is 0 Å². The normalized spacial score (nSPS) is 11.0. The lowest BCUT2D eigenvalue weighted by molar-refractivity contribution is 0.102. The molecule has 0 aromatic heterocycles. The molecule has 0 radical (unpaired) electrons. The van der Waals surface area contributed by atoms with Crippen LogP contribution in [0.1, 0.15) is 10.4 Å². The standard InChI is InChI=1S/C14H13BrN2O4S/c1-21-13-7-6-11(22(16,19)20)8-12(13)17-14(18)9-2-4-10(15)5-3-9/h2-8H,1H3,(H,17,18)(H2,16,19,20). The Labute approximate surface area is 136 Å². The quantitative estimate of drug-likeness (QED) is 0.844. The first-order valence-corrected chi connectivity index (χ1v) is 8.43. The number of benzene rings is 2. The van der Waals surface area contributed by atoms with Crippen LogP contribution < -0.4 is 15.2 Å². The van der Waals surface area contributed by atoms with Gasteiger partial charge in [0, 0.05) is 10.0 Å². The maximum absolute atomic E-state index is 12.2. The van der Waals surface area contributed by atoms with Crippen LogP contribution >= 0.6 is 15.9 Å². The Morgan fingerprint density at radius 3 is 2.36 bits per heavy atom. The molecule has 8 heteroatoms. The molecule has 2 aromatic carbocycles. The molecule has 0 spiro atoms. The van der Waals surface area contributed by atoms with Crippen LogP contribution in [0.4, 0.5) is 5.69 Å². The van der Waals surface area contributed by atoms with Crippen molar-refractivity contribution in [3.8, 4) is 5.75 Å². The molecule has 0 aliphatic heterocycles. The summed E-state index contributed by atoms with van der Waals surface area (Å²) in [5.41, 5.74) is 0.646. The molecule has 0 aliphatic carbocycles. The van der Waals surface area contributed by atoms with Gasteiger partial charge in [0.25, 0.3) is 5.91 Å². The van der Waals surface area contributed by atoms with Crippen LogP contribution in [0.15, 0.2) is 51.8 Å². The van der Waals surface area contributed by atoms with E-state index in [1.165, 1.54) is 25.3 Å². The summed E-state index contributed by atoms with van der Waals surface area (Å²) >= 11 is 3.28. The van der Waals surface area contributed by atoms with E-state index in [0.29, 0.717) is 11.3 Å². The first kappa shape index (κ1) is 16.5. The highest BCUT2D eigenvalue weighted by Gasteiger charge is 2.14. The minimum absolute atomic E-state index is 0.112. The van der Waals surface area contributed by atoms with Crippen molar-refractivity contribution in [1.82, 2.24) is 0 Å². The van der Waals surface area contributed by atoms with Crippen molar-refractivity contribution in [2.24, 2.45) is 5.14 Å². The number of rotatable bonds is 4. The Balaban J connectivity index is 2.35. The molecule has 1 amide bonds. The number of carbonyl (C=O) groups is 1. The predicted molar refractivity (Wildman–Crippen MR) is 86.5 cm³/mol. The van der Waals surface area contributed by atoms with E-state index in [4.69, 9.17) is 9.88 Å². The zero-order chi connectivity index (χ0) is 16.3. The van der Waals surface area contributed by atoms with Crippen LogP contribution in [-0.4, -0.2) is 21.4 Å². The van der Waals surface area contributed by atoms with E-state index in [1.54, 1.807) is 24.3 Å². The molecule has 0 unspecified atom stereocenters. The number of nitrogens with one attached hydrogen (secondary N) is 1. The van der Waals surface area contributed by atoms with E-state index >= 15 is 0 Å². The number of hydrogen-bond acceptors (Lipinski definition) is 4. The Hall–Kier alpha value is -1.90. The third-order valence-electron chi connectivity index (χ3n) is 2.85. The Kier molecular flexibility index (Phi) is 4.84. The van der Waals surface area contributed by atoms with Gasteiger partial charge in [-0.1, -0.05) is 15.9 Å². The fourth-order valence-corrected chi connectivity index (χ4v) is 2.56. The summed E-state index contributed by atoms with van der Waals surface area (Å²) in [5.74, 6) is -0.0600. The van der Waals surface area contributed by atoms with Gasteiger partial charge >= 0.3 is 0 Å². The molecule has 0 saturated heterocycles. The Bertz CT molecular complexity index is 804. The second-order valence-corrected chi connectivity index (χ2v) is 6.85. The summed E-state index contributed by atoms with van der Waals surface area (Å²) in [7, 11) is -2.45. The molecule has 0 heterocycles. The van der Waals surface area contributed by atoms with Crippen LogP contribution in [0.5, 0.6) is 5.75 Å². The second kappa shape index (κ2) is 6.47. The van der Waals surface area contributed by atoms with Gasteiger partial charge in [-0.3, -0.25) is 4.79 Å². The molecule has 116 valence electrons. The largest absolute Gasteiger partial charge is 0.495 e. The summed E-state index contributed by atoms with van der Waals surface area (Å²) in [5, 5.41) is 7.70. The first-order chi connectivity index (χ1) is 10.3. The van der Waals surface area contributed by atoms with Crippen molar-refractivity contribution < 1.29 is 17.9 Å². The van der Waals surface area contributed by atoms with Gasteiger partial charge in [-0.25, -0.2) is 13.6 Å². The third kappa shape index (κ3) is 3.85. The lowest BCUT2D eigenvalue weighted by Crippen LogP contribution is -2.15. The van der Waals surface area contributed by atoms with Crippen LogP contribution in [0.25, 0.3) is 0 Å². The number of nitrogens with two attached hydrogens (primary N) is 1. The smallest absolute Gasteiger partial charge is 0.255 e. The van der Waals surface area contributed by atoms with E-state index in [0.717, 1.165) is 4.47 Å². The summed E-state index contributed by atoms with van der Waals surface area (Å²) in [6.07, 6.45) is 0. The van der Waals surface area contributed by atoms with Crippen molar-refractivity contribution in [1.29, 1.82) is 0 Å². The molecule has 3 N–H and O–H groups in total. The highest BCUT2D eigenvalue weighted by Crippen LogP contribution is 2.27. The van der Waals surface area contributed by atoms with E-state index in [2.05, 4.69) is 21.2 Å². The van der Waals surface area contributed by atoms with Crippen molar-refractivity contribution >= 4 is 37.5 Å². The monoisotopic (exact) mass is 384 g/mol. The lowest BCUT2D eigenvalue weighted by atomic mass is 10.2. The van der Waals surface area contributed by atoms with E-state index in [1.807, 2.05) is 0 Å². The maximum atomic E-state index is 12.2. The first-order valence-electron chi connectivity index (χ1n) is 6.09. The van der Waals surface area contributed by atoms with Gasteiger partial charge in [-0.2, -0.15) is 0 Å². The highest BCUT2D eigenvalue weighted by atomic mass is 79.9. The number of sulfonamides is 1. The molecule has 2 rings (SSSR count). The van der Waals surface area contributed by atoms with E-state index in [9.17, 15) is 13.2 Å². The van der Waals surface area contributed by atoms with Gasteiger partial charge in [0.1, 0.15) is 5.75 Å². The van der Waals surface area contributed by atoms with Crippen LogP contribution in [0, 0.1) is 0 Å². The van der Waals surface area contributed by atoms with Gasteiger partial charge in [0.15, 0.2) is 0 Å². The fraction of sp³-hybridized carbons (Fsp3) is 0.0714. The van der Waals surface area contributed by atoms with Crippen LogP contribution in [-0.2, 0) is 10.0 Å². The topological polar surface area (TPSA) is 98.5 Å². The molecule has 22 heavy (non-hydrogen) atoms. The SMILES string of the molecule is COc1ccc(S(N)(=O)=O)cc1NC(=O)c1ccc(Br)cc1. The van der Waals surface area contributed by atoms with E-state index in [-0.39, 0.29) is 10.6 Å². The lowest BCUT2D eigenvalue weighted by Gasteiger charge is -2.11. The zero-order valence-electron chi connectivity index (χ0n) is 11.5. The summed E-state index contributed by atoms with van der Waals surface area (Å²) in [4.78, 5) is 12.1. The fourth-order valence-electron chi connectivity index (χ4n) is 1.76. The number of anilines is 1. The zero-order valence-corrected chi connectivity index (χ0v) is 13.9. The van der Waals surface area contributed by atoms with Gasteiger partial charge in [0.05, 0.1) is 17.7 Å². The van der Waals surface area contributed by atoms with Gasteiger partial charge in [-0.05, 0) is 42.5 Å². The van der Waals surface area contributed by atoms with Crippen molar-refractivity contribution in [3.05, 3.63) is 52.5 Å². The number of methoxy groups -OCH3 is 1. The molecular weight excluding hydrogens is 372 g/mol. The minimum Gasteiger partial charge on any atom is -0.495 e. The highest BCUT2D eigenvalue weighted by molar-refractivity contribution is 9.10. The number of primary sulfonamides is 1. The molecular formula is C14H13BrN2O4S. The molecule has 0 saturated carbocycles. The van der Waals surface area contributed by atoms with Crippen molar-refractivity contribution in [3.63, 3.8) is 0 Å². The maximum Gasteiger partial charge on any atom is 0.255 e. The average molecular weight is 385 g/mol. The molecule has 0 bridgehead atoms. The number of amides is 1. The van der Waals surface area contributed by atoms with E-state index < -0.39 is 15.9 Å². The van der Waals surface area contributed by atoms with Crippen molar-refractivity contribution in [2.45, 2.75) is 4.90 Å². The summed E-state index contributed by atoms with van der Waals surface area (Å²) in [6.45, 7) is 0. The average Bonchev–Trinajstić information content (AvgIpc) is 2.46. The van der Waals surface area contributed by atoms with Gasteiger partial charge in [-0.15, -0.1) is 0 Å². The van der Waals surface area contributed by atoms with Crippen molar-refractivity contribution in [2.75, 3.05) is 12.4 Å². The number of hydrogen-bond donors (Lipinski definition) is 2. The third-order valence-corrected chi connectivity index (χ3v) is 4.29. The van der Waals surface area contributed by atoms with Gasteiger partial charge in [0.2, 0.25) is 10.0 Å². The Morgan fingerprint density at radius 1 is 1.18 bits per heavy atom. The molecule has 0 fully saturated rings. The second-order valence-electron chi connectivity index (χ2n) is 4.37. The van der Waals surface area contributed by atoms with Gasteiger partial charge < -0.3 is 10.1 Å². The number of carbonyl (C=O) groups excluding carboxylic acids is 1. The van der Waals surface area contributed by atoms with Crippen LogP contribution in [0.2, 0.25) is 0 Å². The number of halogens is 1. The summed E-state index contributed by atoms with van der Waals surface area (Å²) < 4.78 is 28.8. The summed E-state index contributed by atoms with van der Waals surface area (Å²) in [6, 6.07) is 10.7. The Morgan fingerprint density at radius 2 is 1.82 bits per heavy atom.